The zero-order valence-corrected chi connectivity index (χ0v) is 101. The molecule has 131 heavy (non-hydrogen) atoms. The summed E-state index contributed by atoms with van der Waals surface area (Å²) in [6, 6.07) is 47.7. The van der Waals surface area contributed by atoms with E-state index in [0.29, 0.717) is 17.8 Å². The van der Waals surface area contributed by atoms with E-state index < -0.39 is 66.3 Å². The second-order valence-electron chi connectivity index (χ2n) is 49.2. The van der Waals surface area contributed by atoms with Gasteiger partial charge in [-0.2, -0.15) is 0 Å². The maximum atomic E-state index is 2.57. The molecule has 0 atom stereocenters. The van der Waals surface area contributed by atoms with Gasteiger partial charge in [-0.3, -0.25) is 0 Å². The van der Waals surface area contributed by atoms with Crippen LogP contribution >= 0.6 is 0 Å². The number of benzene rings is 5. The Bertz CT molecular complexity index is 5580. The van der Waals surface area contributed by atoms with Gasteiger partial charge < -0.3 is 0 Å². The monoisotopic (exact) mass is 2080 g/mol. The van der Waals surface area contributed by atoms with Gasteiger partial charge in [0.1, 0.15) is 0 Å². The van der Waals surface area contributed by atoms with E-state index in [9.17, 15) is 0 Å². The number of aryl methyl sites for hydroxylation is 11. The van der Waals surface area contributed by atoms with Crippen LogP contribution in [-0.2, 0) is 52.5 Å². The molecule has 10 heteroatoms. The number of hydrogen-bond acceptors (Lipinski definition) is 0. The van der Waals surface area contributed by atoms with Gasteiger partial charge in [-0.05, 0) is 0 Å². The Hall–Kier alpha value is -5.44. The van der Waals surface area contributed by atoms with Crippen LogP contribution in [0.25, 0.3) is 56.3 Å². The predicted octanol–water partition coefficient (Wildman–Crippen LogP) is 28.9. The molecule has 0 radical (unpaired) electrons. The molecule has 4 saturated carbocycles. The Morgan fingerprint density at radius 1 is 0.305 bits per heavy atom. The molecule has 5 aromatic carbocycles. The van der Waals surface area contributed by atoms with Gasteiger partial charge in [0.2, 0.25) is 0 Å². The van der Waals surface area contributed by atoms with E-state index in [-0.39, 0.29) is 10.8 Å². The van der Waals surface area contributed by atoms with Crippen LogP contribution in [0.5, 0.6) is 0 Å². The summed E-state index contributed by atoms with van der Waals surface area (Å²) >= 11 is -9.56. The van der Waals surface area contributed by atoms with Gasteiger partial charge in [-0.15, -0.1) is 0 Å². The first-order chi connectivity index (χ1) is 61.0. The van der Waals surface area contributed by atoms with E-state index in [0.717, 1.165) is 30.1 Å². The van der Waals surface area contributed by atoms with E-state index in [2.05, 4.69) is 421 Å². The van der Waals surface area contributed by atoms with Crippen LogP contribution in [0, 0.1) is 47.5 Å². The fourth-order valence-electron chi connectivity index (χ4n) is 21.8. The molecule has 0 unspecified atom stereocenters. The molecule has 0 amide bonds. The standard InChI is InChI=1S/2C25H38GeN.C25H40GeN.C24H36GeN.C22H32GeN/c1-18-13-14-20(25(2,3)4)15-21(18)24-16-22(19-11-9-10-12-19)23(17-27(24)8)26(5,6)7;1-18(2)14-20-13-12-19(3)22(15-20)25-16-23(21-10-8-9-11-21)24(17-27(25)7)26(4,5)6;1-11-19(12-2)22-16-24(27(10)17-23(22)26(7,8)9)21-14-13-20(15-18(21)3)25(4,5)6;1-17(2)20-13-12-18(3)21(14-20)24-15-22(19-10-8-9-11-19)23(16-26(24)7)25(4,5)6;1-16-11-12-17(2)19(13-16)22-14-20(18-9-7-8-10-18)21(15-24(22)6)23(3,4)5/h13-17,19H,9-12H2,1-8H3;12-13,15-18,21H,8-11,14H2,1-7H3;13-17,19H,11-12H2,1-10H3;12-17,19H,8-11H2,1-7H3;11-15,18H,7-10H2,1-6H3/q5*+1. The van der Waals surface area contributed by atoms with Crippen LogP contribution in [-0.4, -0.2) is 66.3 Å². The molecule has 4 fully saturated rings. The number of aromatic nitrogens is 5. The average molecular weight is 2070 g/mol. The molecule has 0 aliphatic heterocycles. The Balaban J connectivity index is 0.000000170. The summed E-state index contributed by atoms with van der Waals surface area (Å²) in [5.41, 5.74) is 36.6. The summed E-state index contributed by atoms with van der Waals surface area (Å²) in [5, 5.41) is 0. The van der Waals surface area contributed by atoms with E-state index in [1.807, 2.05) is 0 Å². The fourth-order valence-corrected chi connectivity index (χ4v) is 39.8. The van der Waals surface area contributed by atoms with E-state index in [4.69, 9.17) is 0 Å². The molecule has 5 nitrogen and oxygen atoms in total. The summed E-state index contributed by atoms with van der Waals surface area (Å²) in [5.74, 6) is 43.1. The minimum absolute atomic E-state index is 0.177. The number of rotatable bonds is 20. The predicted molar refractivity (Wildman–Crippen MR) is 587 cm³/mol. The third kappa shape index (κ3) is 27.4. The van der Waals surface area contributed by atoms with Crippen molar-refractivity contribution in [2.45, 2.75) is 379 Å². The van der Waals surface area contributed by atoms with Gasteiger partial charge in [-0.25, -0.2) is 0 Å². The van der Waals surface area contributed by atoms with Crippen LogP contribution in [0.2, 0.25) is 86.3 Å². The third-order valence-corrected chi connectivity index (χ3v) is 51.4. The third-order valence-electron chi connectivity index (χ3n) is 30.0. The molecule has 0 saturated heterocycles. The topological polar surface area (TPSA) is 19.4 Å². The van der Waals surface area contributed by atoms with Crippen LogP contribution in [0.1, 0.15) is 318 Å². The summed E-state index contributed by atoms with van der Waals surface area (Å²) in [6.07, 6.45) is 38.3. The van der Waals surface area contributed by atoms with Crippen molar-refractivity contribution in [1.82, 2.24) is 0 Å². The zero-order valence-electron chi connectivity index (χ0n) is 90.6. The first-order valence-corrected chi connectivity index (χ1v) is 88.4. The first kappa shape index (κ1) is 108. The van der Waals surface area contributed by atoms with Crippen LogP contribution in [0.4, 0.5) is 0 Å². The molecule has 0 spiro atoms. The molecule has 4 aliphatic rings. The number of hydrogen-bond donors (Lipinski definition) is 0. The van der Waals surface area contributed by atoms with Gasteiger partial charge in [0.05, 0.1) is 0 Å². The van der Waals surface area contributed by atoms with Crippen molar-refractivity contribution in [2.24, 2.45) is 41.2 Å². The molecule has 5 aromatic heterocycles. The summed E-state index contributed by atoms with van der Waals surface area (Å²) < 4.78 is 20.5. The van der Waals surface area contributed by atoms with Crippen molar-refractivity contribution in [3.8, 4) is 56.3 Å². The molecule has 14 rings (SSSR count). The van der Waals surface area contributed by atoms with Gasteiger partial charge >= 0.3 is 824 Å². The molecule has 10 aromatic rings. The molecule has 5 heterocycles. The van der Waals surface area contributed by atoms with Gasteiger partial charge in [0.25, 0.3) is 0 Å². The SMILES string of the molecule is CCC(CC)c1cc(-c2ccc(C(C)(C)C)cc2C)[n+](C)c[c]1[Ge]([CH3])([CH3])[CH3].Cc1ccc(C(C)(C)C)cc1-c1cc(C2CCCC2)[c]([Ge]([CH3])([CH3])[CH3])c[n+]1C.Cc1ccc(C(C)C)cc1-c1cc(C2CCCC2)[c]([Ge]([CH3])([CH3])[CH3])c[n+]1C.Cc1ccc(C)c(-c2cc(C3CCCC3)[c]([Ge]([CH3])([CH3])[CH3])c[n+]2C)c1.Cc1ccc(CC(C)C)cc1-c1cc(C2CCCC2)[c]([Ge]([CH3])([CH3])[CH3])c[n+]1C. The van der Waals surface area contributed by atoms with Crippen molar-refractivity contribution in [3.63, 3.8) is 0 Å². The quantitative estimate of drug-likeness (QED) is 0.0535. The Labute approximate surface area is 816 Å². The molecule has 0 N–H and O–H groups in total. The van der Waals surface area contributed by atoms with Crippen molar-refractivity contribution < 1.29 is 22.8 Å². The van der Waals surface area contributed by atoms with E-state index >= 15 is 0 Å². The number of pyridine rings is 5. The zero-order chi connectivity index (χ0) is 96.9. The summed E-state index contributed by atoms with van der Waals surface area (Å²) in [4.78, 5) is 0. The summed E-state index contributed by atoms with van der Waals surface area (Å²) in [6.45, 7) is 41.1. The normalized spacial score (nSPS) is 15.2. The molecule has 0 bridgehead atoms. The summed E-state index contributed by atoms with van der Waals surface area (Å²) in [7, 11) is 11.2. The molecular weight excluding hydrogens is 1890 g/mol. The molecular formula is C121H184Ge5N5+5. The van der Waals surface area contributed by atoms with Crippen molar-refractivity contribution in [3.05, 3.63) is 236 Å². The van der Waals surface area contributed by atoms with Crippen LogP contribution in [0.3, 0.4) is 0 Å². The second kappa shape index (κ2) is 44.6. The van der Waals surface area contributed by atoms with Crippen molar-refractivity contribution in [2.75, 3.05) is 0 Å². The van der Waals surface area contributed by atoms with Crippen molar-refractivity contribution >= 4 is 88.3 Å². The minimum atomic E-state index is -1.94. The first-order valence-electron chi connectivity index (χ1n) is 51.7. The average Bonchev–Trinajstić information content (AvgIpc) is 1.64. The Kier molecular flexibility index (Phi) is 36.6. The fraction of sp³-hybridized carbons (Fsp3) is 0.545. The van der Waals surface area contributed by atoms with E-state index in [1.54, 1.807) is 49.8 Å². The van der Waals surface area contributed by atoms with Gasteiger partial charge in [0.15, 0.2) is 0 Å². The van der Waals surface area contributed by atoms with Gasteiger partial charge in [0, 0.05) is 0 Å². The van der Waals surface area contributed by atoms with Crippen LogP contribution in [0.15, 0.2) is 152 Å². The molecule has 4 aliphatic carbocycles. The van der Waals surface area contributed by atoms with E-state index in [1.165, 1.54) is 227 Å². The Morgan fingerprint density at radius 3 is 0.916 bits per heavy atom. The van der Waals surface area contributed by atoms with Crippen molar-refractivity contribution in [1.29, 1.82) is 0 Å². The second-order valence-corrected chi connectivity index (χ2v) is 102. The number of nitrogens with zero attached hydrogens (tertiary/aromatic N) is 5. The van der Waals surface area contributed by atoms with Gasteiger partial charge in [-0.1, -0.05) is 0 Å². The van der Waals surface area contributed by atoms with Crippen LogP contribution < -0.4 is 44.8 Å². The Morgan fingerprint density at radius 2 is 0.595 bits per heavy atom. The molecule has 708 valence electrons. The maximum absolute atomic E-state index is 2.57.